The molecule has 68 heavy (non-hydrogen) atoms. The van der Waals surface area contributed by atoms with Gasteiger partial charge in [-0.05, 0) is 98.0 Å². The summed E-state index contributed by atoms with van der Waals surface area (Å²) in [4.78, 5) is 52.5. The number of fused-ring (bicyclic) bond motifs is 3. The first-order valence-electron chi connectivity index (χ1n) is 22.0. The lowest BCUT2D eigenvalue weighted by Crippen LogP contribution is -2.52. The summed E-state index contributed by atoms with van der Waals surface area (Å²) in [6.07, 6.45) is 3.63. The molecule has 3 aliphatic heterocycles. The van der Waals surface area contributed by atoms with Gasteiger partial charge in [0.1, 0.15) is 17.0 Å². The first kappa shape index (κ1) is 49.4. The number of hydrogen-bond donors (Lipinski definition) is 3. The second kappa shape index (κ2) is 22.2. The second-order valence-electron chi connectivity index (χ2n) is 16.7. The van der Waals surface area contributed by atoms with E-state index in [1.165, 1.54) is 4.88 Å². The average Bonchev–Trinajstić information content (AvgIpc) is 3.80. The Labute approximate surface area is 424 Å². The standard InChI is InChI=1S/C51H48Cl5N7O4S/c1-29-30(2)68-51-46(29)47(35-11-13-38(52)14-12-35)59-43(49-61-60-31(3)63(49)51)26-45(64)58-18-20-67-19-17-57-44(25-32-7-5-4-6-8-32)50(66)62-27-36(21-33-9-15-39(53)41(55)23-33)48(65)37(28-62)22-34-10-16-40(54)42(56)24-34/h4-16,21-24,43-44,49,57,61H,17-20,25-28H2,1-3H3,(H,58,64)/b36-21+,37-22+/t43-,44-,49?/m0/s1. The van der Waals surface area contributed by atoms with Gasteiger partial charge in [-0.2, -0.15) is 5.10 Å². The summed E-state index contributed by atoms with van der Waals surface area (Å²) in [7, 11) is 0. The number of amidine groups is 1. The van der Waals surface area contributed by atoms with Crippen LogP contribution in [0.4, 0.5) is 5.00 Å². The Morgan fingerprint density at radius 3 is 2.10 bits per heavy atom. The van der Waals surface area contributed by atoms with E-state index >= 15 is 0 Å². The second-order valence-corrected chi connectivity index (χ2v) is 20.0. The number of benzene rings is 4. The molecule has 4 heterocycles. The Bertz CT molecular complexity index is 2780. The molecule has 8 rings (SSSR count). The van der Waals surface area contributed by atoms with Gasteiger partial charge in [0.15, 0.2) is 5.78 Å². The Balaban J connectivity index is 0.916. The molecule has 17 heteroatoms. The largest absolute Gasteiger partial charge is 0.378 e. The van der Waals surface area contributed by atoms with Gasteiger partial charge in [0.2, 0.25) is 11.8 Å². The number of ether oxygens (including phenoxy) is 1. The molecule has 3 atom stereocenters. The van der Waals surface area contributed by atoms with Gasteiger partial charge in [-0.15, -0.1) is 11.3 Å². The van der Waals surface area contributed by atoms with Crippen LogP contribution in [0.15, 0.2) is 112 Å². The van der Waals surface area contributed by atoms with E-state index in [0.29, 0.717) is 60.4 Å². The van der Waals surface area contributed by atoms with Crippen molar-refractivity contribution >= 4 is 116 Å². The Hall–Kier alpha value is -5.02. The molecule has 5 aromatic rings. The van der Waals surface area contributed by atoms with Crippen LogP contribution < -0.4 is 21.0 Å². The summed E-state index contributed by atoms with van der Waals surface area (Å²) >= 11 is 33.0. The van der Waals surface area contributed by atoms with Crippen LogP contribution in [0.3, 0.4) is 0 Å². The van der Waals surface area contributed by atoms with Crippen LogP contribution >= 0.6 is 69.3 Å². The molecular formula is C51H48Cl5N7O4S. The zero-order valence-electron chi connectivity index (χ0n) is 37.4. The molecule has 1 fully saturated rings. The number of nitrogens with one attached hydrogen (secondary N) is 3. The van der Waals surface area contributed by atoms with Crippen LogP contribution in [0.5, 0.6) is 0 Å². The summed E-state index contributed by atoms with van der Waals surface area (Å²) in [5, 5.41) is 14.1. The Morgan fingerprint density at radius 2 is 1.47 bits per heavy atom. The van der Waals surface area contributed by atoms with E-state index in [-0.39, 0.29) is 63.0 Å². The maximum Gasteiger partial charge on any atom is 0.240 e. The van der Waals surface area contributed by atoms with Gasteiger partial charge in [0.05, 0.1) is 57.5 Å². The van der Waals surface area contributed by atoms with E-state index in [0.717, 1.165) is 38.8 Å². The number of amides is 2. The lowest BCUT2D eigenvalue weighted by atomic mass is 9.93. The maximum absolute atomic E-state index is 14.6. The van der Waals surface area contributed by atoms with Crippen molar-refractivity contribution in [2.75, 3.05) is 44.3 Å². The van der Waals surface area contributed by atoms with Crippen LogP contribution in [0.25, 0.3) is 12.2 Å². The highest BCUT2D eigenvalue weighted by Gasteiger charge is 2.41. The highest BCUT2D eigenvalue weighted by Crippen LogP contribution is 2.42. The lowest BCUT2D eigenvalue weighted by Gasteiger charge is -2.33. The minimum Gasteiger partial charge on any atom is -0.378 e. The van der Waals surface area contributed by atoms with E-state index in [9.17, 15) is 14.4 Å². The van der Waals surface area contributed by atoms with Crippen molar-refractivity contribution in [3.05, 3.63) is 166 Å². The van der Waals surface area contributed by atoms with Crippen LogP contribution in [-0.2, 0) is 25.5 Å². The van der Waals surface area contributed by atoms with Crippen molar-refractivity contribution < 1.29 is 19.1 Å². The van der Waals surface area contributed by atoms with Crippen molar-refractivity contribution in [1.82, 2.24) is 21.0 Å². The number of carbonyl (C=O) groups is 3. The summed E-state index contributed by atoms with van der Waals surface area (Å²) in [6, 6.07) is 26.5. The molecule has 0 spiro atoms. The number of anilines is 1. The van der Waals surface area contributed by atoms with E-state index in [1.807, 2.05) is 61.5 Å². The highest BCUT2D eigenvalue weighted by atomic mass is 35.5. The van der Waals surface area contributed by atoms with E-state index in [1.54, 1.807) is 64.8 Å². The minimum absolute atomic E-state index is 0.0734. The maximum atomic E-state index is 14.6. The summed E-state index contributed by atoms with van der Waals surface area (Å²) in [5.41, 5.74) is 10.3. The summed E-state index contributed by atoms with van der Waals surface area (Å²) in [5.74, 6) is 0.241. The monoisotopic (exact) mass is 1030 g/mol. The van der Waals surface area contributed by atoms with Crippen molar-refractivity contribution in [2.45, 2.75) is 51.9 Å². The number of Topliss-reactive ketones (excluding diaryl/α,β-unsaturated/α-hetero) is 1. The van der Waals surface area contributed by atoms with Gasteiger partial charge in [-0.3, -0.25) is 29.7 Å². The number of ketones is 1. The Kier molecular flexibility index (Phi) is 16.1. The molecule has 4 aromatic carbocycles. The quantitative estimate of drug-likeness (QED) is 0.0704. The molecule has 0 radical (unpaired) electrons. The molecule has 352 valence electrons. The van der Waals surface area contributed by atoms with Gasteiger partial charge < -0.3 is 20.3 Å². The van der Waals surface area contributed by atoms with Crippen molar-refractivity contribution in [1.29, 1.82) is 0 Å². The molecule has 0 aliphatic carbocycles. The number of rotatable bonds is 15. The van der Waals surface area contributed by atoms with Crippen LogP contribution in [-0.4, -0.2) is 91.7 Å². The third-order valence-electron chi connectivity index (χ3n) is 12.0. The lowest BCUT2D eigenvalue weighted by molar-refractivity contribution is -0.133. The summed E-state index contributed by atoms with van der Waals surface area (Å²) in [6.45, 7) is 7.45. The van der Waals surface area contributed by atoms with E-state index in [2.05, 4.69) is 39.9 Å². The topological polar surface area (TPSA) is 128 Å². The smallest absolute Gasteiger partial charge is 0.240 e. The average molecular weight is 1030 g/mol. The van der Waals surface area contributed by atoms with Gasteiger partial charge in [-0.25, -0.2) is 0 Å². The fourth-order valence-corrected chi connectivity index (χ4v) is 10.4. The van der Waals surface area contributed by atoms with Gasteiger partial charge in [0, 0.05) is 58.4 Å². The van der Waals surface area contributed by atoms with E-state index < -0.39 is 12.1 Å². The van der Waals surface area contributed by atoms with Crippen LogP contribution in [0.1, 0.15) is 51.6 Å². The predicted molar refractivity (Wildman–Crippen MR) is 278 cm³/mol. The molecule has 3 aliphatic rings. The number of aliphatic imine (C=N–C) groups is 1. The number of hydrogen-bond acceptors (Lipinski definition) is 10. The number of nitrogens with zero attached hydrogens (tertiary/aromatic N) is 4. The Morgan fingerprint density at radius 1 is 0.838 bits per heavy atom. The first-order chi connectivity index (χ1) is 32.7. The molecule has 1 unspecified atom stereocenters. The number of aryl methyl sites for hydroxylation is 1. The number of halogens is 5. The predicted octanol–water partition coefficient (Wildman–Crippen LogP) is 10.2. The fraction of sp³-hybridized carbons (Fsp3) is 0.275. The number of carbonyl (C=O) groups excluding carboxylic acids is 3. The fourth-order valence-electron chi connectivity index (χ4n) is 8.40. The molecule has 0 saturated carbocycles. The van der Waals surface area contributed by atoms with Crippen molar-refractivity contribution in [3.8, 4) is 0 Å². The molecule has 1 saturated heterocycles. The number of thiophene rings is 1. The van der Waals surface area contributed by atoms with Crippen LogP contribution in [0.2, 0.25) is 25.1 Å². The number of hydrazone groups is 1. The van der Waals surface area contributed by atoms with Gasteiger partial charge >= 0.3 is 0 Å². The third kappa shape index (κ3) is 11.5. The first-order valence-corrected chi connectivity index (χ1v) is 24.7. The van der Waals surface area contributed by atoms with E-state index in [4.69, 9.17) is 67.7 Å². The highest BCUT2D eigenvalue weighted by molar-refractivity contribution is 7.17. The molecule has 0 bridgehead atoms. The van der Waals surface area contributed by atoms with Crippen molar-refractivity contribution in [3.63, 3.8) is 0 Å². The number of likely N-dealkylation sites (tertiary alicyclic amines) is 1. The molecule has 3 N–H and O–H groups in total. The molecule has 2 amide bonds. The van der Waals surface area contributed by atoms with Crippen LogP contribution in [0, 0.1) is 13.8 Å². The third-order valence-corrected chi connectivity index (χ3v) is 14.9. The molecule has 11 nitrogen and oxygen atoms in total. The summed E-state index contributed by atoms with van der Waals surface area (Å²) < 4.78 is 5.98. The van der Waals surface area contributed by atoms with Gasteiger partial charge in [0.25, 0.3) is 0 Å². The molecular weight excluding hydrogens is 984 g/mol. The van der Waals surface area contributed by atoms with Crippen molar-refractivity contribution in [2.24, 2.45) is 10.1 Å². The zero-order valence-corrected chi connectivity index (χ0v) is 42.0. The van der Waals surface area contributed by atoms with Gasteiger partial charge in [-0.1, -0.05) is 113 Å². The SMILES string of the molecule is CC1=NNC2[C@H](CC(=O)NCCOCCN[C@@H](Cc3ccccc3)C(=O)N3C/C(=C\c4ccc(Cl)c(Cl)c4)C(=O)/C(=C/c4ccc(Cl)c(Cl)c4)C3)N=C(c3ccc(Cl)cc3)c3c(sc(C)c3C)N12. The normalized spacial score (nSPS) is 18.4. The minimum atomic E-state index is -0.655. The zero-order chi connectivity index (χ0) is 48.1. The number of piperidine rings is 1. The molecule has 1 aromatic heterocycles.